The van der Waals surface area contributed by atoms with Crippen LogP contribution in [0.3, 0.4) is 0 Å². The van der Waals surface area contributed by atoms with Crippen molar-refractivity contribution in [2.45, 2.75) is 27.4 Å². The maximum absolute atomic E-state index is 9.43. The number of benzene rings is 1. The number of aromatic nitrogens is 3. The Kier molecular flexibility index (Phi) is 5.32. The van der Waals surface area contributed by atoms with Gasteiger partial charge >= 0.3 is 0 Å². The lowest BCUT2D eigenvalue weighted by atomic mass is 10.2. The van der Waals surface area contributed by atoms with E-state index in [1.54, 1.807) is 20.4 Å². The van der Waals surface area contributed by atoms with Crippen LogP contribution in [0.1, 0.15) is 22.3 Å². The van der Waals surface area contributed by atoms with Crippen LogP contribution in [0.5, 0.6) is 11.5 Å². The van der Waals surface area contributed by atoms with Crippen molar-refractivity contribution in [1.82, 2.24) is 14.5 Å². The summed E-state index contributed by atoms with van der Waals surface area (Å²) in [5, 5.41) is 12.7. The molecule has 3 rings (SSSR count). The summed E-state index contributed by atoms with van der Waals surface area (Å²) in [7, 11) is 3.22. The van der Waals surface area contributed by atoms with E-state index in [-0.39, 0.29) is 6.61 Å². The average Bonchev–Trinajstić information content (AvgIpc) is 3.03. The van der Waals surface area contributed by atoms with Gasteiger partial charge in [-0.15, -0.1) is 0 Å². The number of rotatable bonds is 6. The van der Waals surface area contributed by atoms with Crippen LogP contribution in [0.15, 0.2) is 30.7 Å². The molecule has 0 spiro atoms. The summed E-state index contributed by atoms with van der Waals surface area (Å²) in [6, 6.07) is 3.80. The highest BCUT2D eigenvalue weighted by atomic mass is 16.5. The predicted octanol–water partition coefficient (Wildman–Crippen LogP) is 3.45. The van der Waals surface area contributed by atoms with Crippen molar-refractivity contribution < 1.29 is 14.6 Å². The number of ether oxygens (including phenoxy) is 2. The largest absolute Gasteiger partial charge is 0.493 e. The van der Waals surface area contributed by atoms with Gasteiger partial charge in [-0.05, 0) is 43.5 Å². The quantitative estimate of drug-likeness (QED) is 0.694. The van der Waals surface area contributed by atoms with Crippen LogP contribution >= 0.6 is 0 Å². The normalized spacial score (nSPS) is 10.7. The lowest BCUT2D eigenvalue weighted by Gasteiger charge is -2.14. The highest BCUT2D eigenvalue weighted by Gasteiger charge is 2.12. The Morgan fingerprint density at radius 3 is 2.44 bits per heavy atom. The SMILES string of the molecule is COc1cc(Nc2ncc(C)c(-n3cc(C)c(CO)c3)n2)cc(C)c1OC. The minimum Gasteiger partial charge on any atom is -0.493 e. The first-order chi connectivity index (χ1) is 13.0. The van der Waals surface area contributed by atoms with Crippen molar-refractivity contribution in [3.8, 4) is 17.3 Å². The third kappa shape index (κ3) is 3.73. The molecule has 0 aliphatic carbocycles. The molecule has 0 atom stereocenters. The molecule has 2 N–H and O–H groups in total. The Balaban J connectivity index is 1.96. The van der Waals surface area contributed by atoms with E-state index in [0.29, 0.717) is 17.4 Å². The van der Waals surface area contributed by atoms with Crippen LogP contribution in [-0.2, 0) is 6.61 Å². The molecule has 0 fully saturated rings. The Morgan fingerprint density at radius 1 is 1.04 bits per heavy atom. The fraction of sp³-hybridized carbons (Fsp3) is 0.300. The summed E-state index contributed by atoms with van der Waals surface area (Å²) in [5.74, 6) is 2.57. The first kappa shape index (κ1) is 18.7. The van der Waals surface area contributed by atoms with Crippen molar-refractivity contribution in [3.05, 3.63) is 53.0 Å². The minimum atomic E-state index is -0.00100. The van der Waals surface area contributed by atoms with E-state index in [9.17, 15) is 5.11 Å². The van der Waals surface area contributed by atoms with Gasteiger partial charge in [0, 0.05) is 35.9 Å². The molecule has 3 aromatic rings. The number of aryl methyl sites for hydroxylation is 3. The summed E-state index contributed by atoms with van der Waals surface area (Å²) in [6.45, 7) is 5.86. The van der Waals surface area contributed by atoms with Gasteiger partial charge in [0.2, 0.25) is 5.95 Å². The lowest BCUT2D eigenvalue weighted by Crippen LogP contribution is -2.05. The molecule has 0 radical (unpaired) electrons. The molecule has 0 aliphatic rings. The molecular formula is C20H24N4O3. The smallest absolute Gasteiger partial charge is 0.229 e. The Labute approximate surface area is 158 Å². The zero-order valence-electron chi connectivity index (χ0n) is 16.2. The van der Waals surface area contributed by atoms with Crippen molar-refractivity contribution >= 4 is 11.6 Å². The molecule has 0 bridgehead atoms. The topological polar surface area (TPSA) is 81.4 Å². The molecule has 0 amide bonds. The Hall–Kier alpha value is -3.06. The van der Waals surface area contributed by atoms with Crippen molar-refractivity contribution in [1.29, 1.82) is 0 Å². The molecule has 0 unspecified atom stereocenters. The standard InChI is InChI=1S/C20H24N4O3/c1-12-6-16(7-17(26-4)18(12)27-5)22-20-21-8-13(2)19(23-20)24-9-14(3)15(10-24)11-25/h6-10,25H,11H2,1-5H3,(H,21,22,23). The van der Waals surface area contributed by atoms with Crippen LogP contribution in [0.2, 0.25) is 0 Å². The number of hydrogen-bond donors (Lipinski definition) is 2. The second-order valence-corrected chi connectivity index (χ2v) is 6.39. The van der Waals surface area contributed by atoms with Crippen LogP contribution in [0.25, 0.3) is 5.82 Å². The maximum Gasteiger partial charge on any atom is 0.229 e. The first-order valence-electron chi connectivity index (χ1n) is 8.58. The molecule has 1 aromatic carbocycles. The Morgan fingerprint density at radius 2 is 1.81 bits per heavy atom. The number of aliphatic hydroxyl groups excluding tert-OH is 1. The number of methoxy groups -OCH3 is 2. The van der Waals surface area contributed by atoms with E-state index in [0.717, 1.165) is 33.8 Å². The van der Waals surface area contributed by atoms with E-state index in [2.05, 4.69) is 15.3 Å². The van der Waals surface area contributed by atoms with E-state index in [4.69, 9.17) is 9.47 Å². The molecule has 0 saturated carbocycles. The summed E-state index contributed by atoms with van der Waals surface area (Å²) < 4.78 is 12.7. The van der Waals surface area contributed by atoms with Gasteiger partial charge in [-0.3, -0.25) is 0 Å². The van der Waals surface area contributed by atoms with E-state index >= 15 is 0 Å². The zero-order chi connectivity index (χ0) is 19.6. The molecule has 7 heteroatoms. The molecule has 27 heavy (non-hydrogen) atoms. The summed E-state index contributed by atoms with van der Waals surface area (Å²) in [5.41, 5.74) is 4.57. The third-order valence-corrected chi connectivity index (χ3v) is 4.41. The van der Waals surface area contributed by atoms with Crippen LogP contribution < -0.4 is 14.8 Å². The highest BCUT2D eigenvalue weighted by Crippen LogP contribution is 2.34. The van der Waals surface area contributed by atoms with Gasteiger partial charge < -0.3 is 24.5 Å². The number of aliphatic hydroxyl groups is 1. The fourth-order valence-corrected chi connectivity index (χ4v) is 3.00. The molecule has 2 heterocycles. The van der Waals surface area contributed by atoms with Crippen molar-refractivity contribution in [2.75, 3.05) is 19.5 Å². The van der Waals surface area contributed by atoms with Crippen LogP contribution in [0, 0.1) is 20.8 Å². The van der Waals surface area contributed by atoms with Crippen molar-refractivity contribution in [3.63, 3.8) is 0 Å². The highest BCUT2D eigenvalue weighted by molar-refractivity contribution is 5.63. The number of anilines is 2. The van der Waals surface area contributed by atoms with Crippen LogP contribution in [-0.4, -0.2) is 33.9 Å². The minimum absolute atomic E-state index is 0.00100. The van der Waals surface area contributed by atoms with E-state index in [1.165, 1.54) is 0 Å². The van der Waals surface area contributed by atoms with Crippen LogP contribution in [0.4, 0.5) is 11.6 Å². The number of nitrogens with one attached hydrogen (secondary N) is 1. The number of hydrogen-bond acceptors (Lipinski definition) is 6. The van der Waals surface area contributed by atoms with Gasteiger partial charge in [0.05, 0.1) is 20.8 Å². The van der Waals surface area contributed by atoms with Gasteiger partial charge in [-0.1, -0.05) is 0 Å². The monoisotopic (exact) mass is 368 g/mol. The fourth-order valence-electron chi connectivity index (χ4n) is 3.00. The maximum atomic E-state index is 9.43. The summed E-state index contributed by atoms with van der Waals surface area (Å²) >= 11 is 0. The molecule has 142 valence electrons. The molecule has 0 aliphatic heterocycles. The van der Waals surface area contributed by atoms with E-state index < -0.39 is 0 Å². The lowest BCUT2D eigenvalue weighted by molar-refractivity contribution is 0.281. The molecule has 2 aromatic heterocycles. The van der Waals surface area contributed by atoms with Gasteiger partial charge in [-0.25, -0.2) is 4.98 Å². The summed E-state index contributed by atoms with van der Waals surface area (Å²) in [6.07, 6.45) is 5.60. The predicted molar refractivity (Wildman–Crippen MR) is 104 cm³/mol. The Bertz CT molecular complexity index is 966. The molecular weight excluding hydrogens is 344 g/mol. The molecule has 0 saturated heterocycles. The second kappa shape index (κ2) is 7.67. The van der Waals surface area contributed by atoms with Crippen molar-refractivity contribution in [2.24, 2.45) is 0 Å². The first-order valence-corrected chi connectivity index (χ1v) is 8.58. The number of nitrogens with zero attached hydrogens (tertiary/aromatic N) is 3. The second-order valence-electron chi connectivity index (χ2n) is 6.39. The third-order valence-electron chi connectivity index (χ3n) is 4.41. The van der Waals surface area contributed by atoms with Gasteiger partial charge in [0.25, 0.3) is 0 Å². The van der Waals surface area contributed by atoms with Gasteiger partial charge in [-0.2, -0.15) is 4.98 Å². The zero-order valence-corrected chi connectivity index (χ0v) is 16.2. The average molecular weight is 368 g/mol. The molecule has 7 nitrogen and oxygen atoms in total. The summed E-state index contributed by atoms with van der Waals surface area (Å²) in [4.78, 5) is 9.02. The van der Waals surface area contributed by atoms with Gasteiger partial charge in [0.15, 0.2) is 11.5 Å². The van der Waals surface area contributed by atoms with E-state index in [1.807, 2.05) is 49.9 Å². The van der Waals surface area contributed by atoms with Gasteiger partial charge in [0.1, 0.15) is 5.82 Å².